The molecule has 0 aliphatic rings. The number of nitriles is 2. The van der Waals surface area contributed by atoms with Crippen LogP contribution in [0.5, 0.6) is 0 Å². The summed E-state index contributed by atoms with van der Waals surface area (Å²) in [5, 5.41) is 16.7. The number of alkyl halides is 2. The first-order chi connectivity index (χ1) is 7.10. The van der Waals surface area contributed by atoms with Gasteiger partial charge in [0.2, 0.25) is 0 Å². The van der Waals surface area contributed by atoms with Gasteiger partial charge in [-0.1, -0.05) is 0 Å². The summed E-state index contributed by atoms with van der Waals surface area (Å²) >= 11 is 0. The maximum absolute atomic E-state index is 13.1. The Balaban J connectivity index is 3.33. The maximum Gasteiger partial charge on any atom is 0.281 e. The minimum absolute atomic E-state index is 0.369. The summed E-state index contributed by atoms with van der Waals surface area (Å²) in [4.78, 5) is 3.26. The van der Waals surface area contributed by atoms with Crippen molar-refractivity contribution in [3.8, 4) is 12.1 Å². The topological polar surface area (TPSA) is 60.5 Å². The average Bonchev–Trinajstić information content (AvgIpc) is 2.20. The van der Waals surface area contributed by atoms with E-state index in [0.717, 1.165) is 0 Å². The molecule has 1 rings (SSSR count). The fourth-order valence-corrected chi connectivity index (χ4v) is 0.998. The summed E-state index contributed by atoms with van der Waals surface area (Å²) in [6.07, 6.45) is -3.37. The van der Waals surface area contributed by atoms with Crippen LogP contribution in [0, 0.1) is 28.5 Å². The lowest BCUT2D eigenvalue weighted by Crippen LogP contribution is -2.03. The van der Waals surface area contributed by atoms with Gasteiger partial charge in [-0.2, -0.15) is 10.5 Å². The van der Waals surface area contributed by atoms with Crippen molar-refractivity contribution in [2.75, 3.05) is 0 Å². The van der Waals surface area contributed by atoms with E-state index in [9.17, 15) is 13.2 Å². The summed E-state index contributed by atoms with van der Waals surface area (Å²) < 4.78 is 37.8. The molecule has 0 fully saturated rings. The Kier molecular flexibility index (Phi) is 3.25. The van der Waals surface area contributed by atoms with Gasteiger partial charge in [-0.05, 0) is 6.07 Å². The van der Waals surface area contributed by atoms with Gasteiger partial charge >= 0.3 is 0 Å². The monoisotopic (exact) mass is 211 g/mol. The third-order valence-corrected chi connectivity index (χ3v) is 1.65. The van der Waals surface area contributed by atoms with E-state index in [-0.39, 0.29) is 5.69 Å². The molecule has 0 unspecified atom stereocenters. The van der Waals surface area contributed by atoms with Gasteiger partial charge in [-0.25, -0.2) is 18.2 Å². The zero-order chi connectivity index (χ0) is 11.4. The Hall–Kier alpha value is -2.08. The van der Waals surface area contributed by atoms with Gasteiger partial charge < -0.3 is 0 Å². The Bertz CT molecular complexity index is 457. The molecule has 1 aromatic heterocycles. The predicted molar refractivity (Wildman–Crippen MR) is 43.2 cm³/mol. The molecule has 0 aromatic carbocycles. The molecule has 1 aromatic rings. The summed E-state index contributed by atoms with van der Waals surface area (Å²) in [6.45, 7) is 0. The molecule has 0 atom stereocenters. The van der Waals surface area contributed by atoms with E-state index in [1.807, 2.05) is 0 Å². The third-order valence-electron chi connectivity index (χ3n) is 1.65. The summed E-state index contributed by atoms with van der Waals surface area (Å²) in [6, 6.07) is 3.69. The van der Waals surface area contributed by atoms with Crippen LogP contribution in [0.15, 0.2) is 6.07 Å². The van der Waals surface area contributed by atoms with Gasteiger partial charge in [-0.3, -0.25) is 0 Å². The Morgan fingerprint density at radius 2 is 2.07 bits per heavy atom. The zero-order valence-corrected chi connectivity index (χ0v) is 7.34. The fraction of sp³-hybridized carbons (Fsp3) is 0.222. The SMILES string of the molecule is N#CCc1nc(C(F)F)c(C#N)cc1F. The molecule has 6 heteroatoms. The molecule has 0 bridgehead atoms. The Labute approximate surface area is 83.4 Å². The van der Waals surface area contributed by atoms with E-state index in [0.29, 0.717) is 6.07 Å². The van der Waals surface area contributed by atoms with Gasteiger partial charge in [0.25, 0.3) is 6.43 Å². The minimum atomic E-state index is -2.96. The van der Waals surface area contributed by atoms with Crippen LogP contribution in [0.3, 0.4) is 0 Å². The van der Waals surface area contributed by atoms with Crippen LogP contribution in [0.1, 0.15) is 23.4 Å². The van der Waals surface area contributed by atoms with E-state index in [1.165, 1.54) is 6.07 Å². The molecule has 0 radical (unpaired) electrons. The molecule has 0 spiro atoms. The number of nitrogens with zero attached hydrogens (tertiary/aromatic N) is 3. The molecule has 0 saturated carbocycles. The molecule has 0 N–H and O–H groups in total. The molecule has 0 aliphatic carbocycles. The van der Waals surface area contributed by atoms with Crippen LogP contribution in [-0.4, -0.2) is 4.98 Å². The van der Waals surface area contributed by atoms with Crippen molar-refractivity contribution in [3.63, 3.8) is 0 Å². The lowest BCUT2D eigenvalue weighted by Gasteiger charge is -2.04. The van der Waals surface area contributed by atoms with Crippen LogP contribution in [0.25, 0.3) is 0 Å². The maximum atomic E-state index is 13.1. The standard InChI is InChI=1S/C9H4F3N3/c10-6-3-5(4-14)8(9(11)12)15-7(6)1-2-13/h3,9H,1H2. The first kappa shape index (κ1) is 11.0. The van der Waals surface area contributed by atoms with Crippen LogP contribution in [-0.2, 0) is 6.42 Å². The Morgan fingerprint density at radius 3 is 2.53 bits per heavy atom. The van der Waals surface area contributed by atoms with E-state index >= 15 is 0 Å². The Morgan fingerprint density at radius 1 is 1.40 bits per heavy atom. The van der Waals surface area contributed by atoms with Crippen LogP contribution < -0.4 is 0 Å². The highest BCUT2D eigenvalue weighted by atomic mass is 19.3. The largest absolute Gasteiger partial charge is 0.281 e. The second kappa shape index (κ2) is 4.43. The molecular weight excluding hydrogens is 207 g/mol. The summed E-state index contributed by atoms with van der Waals surface area (Å²) in [7, 11) is 0. The van der Waals surface area contributed by atoms with Gasteiger partial charge in [0.05, 0.1) is 23.7 Å². The summed E-state index contributed by atoms with van der Waals surface area (Å²) in [5.74, 6) is -0.919. The van der Waals surface area contributed by atoms with Crippen molar-refractivity contribution >= 4 is 0 Å². The molecule has 1 heterocycles. The lowest BCUT2D eigenvalue weighted by molar-refractivity contribution is 0.145. The molecule has 76 valence electrons. The van der Waals surface area contributed by atoms with Gasteiger partial charge in [0.15, 0.2) is 0 Å². The van der Waals surface area contributed by atoms with Crippen molar-refractivity contribution in [2.24, 2.45) is 0 Å². The zero-order valence-electron chi connectivity index (χ0n) is 7.34. The molecule has 0 aliphatic heterocycles. The van der Waals surface area contributed by atoms with Gasteiger partial charge in [0, 0.05) is 0 Å². The first-order valence-electron chi connectivity index (χ1n) is 3.84. The lowest BCUT2D eigenvalue weighted by atomic mass is 10.1. The van der Waals surface area contributed by atoms with Gasteiger partial charge in [-0.15, -0.1) is 0 Å². The highest BCUT2D eigenvalue weighted by Gasteiger charge is 2.18. The molecule has 3 nitrogen and oxygen atoms in total. The van der Waals surface area contributed by atoms with Crippen LogP contribution in [0.4, 0.5) is 13.2 Å². The highest BCUT2D eigenvalue weighted by Crippen LogP contribution is 2.22. The second-order valence-electron chi connectivity index (χ2n) is 2.60. The number of halogens is 3. The van der Waals surface area contributed by atoms with E-state index in [2.05, 4.69) is 4.98 Å². The smallest absolute Gasteiger partial charge is 0.246 e. The van der Waals surface area contributed by atoms with Crippen molar-refractivity contribution in [1.29, 1.82) is 10.5 Å². The minimum Gasteiger partial charge on any atom is -0.246 e. The molecular formula is C9H4F3N3. The van der Waals surface area contributed by atoms with Crippen molar-refractivity contribution in [2.45, 2.75) is 12.8 Å². The van der Waals surface area contributed by atoms with E-state index in [1.54, 1.807) is 6.07 Å². The first-order valence-corrected chi connectivity index (χ1v) is 3.84. The summed E-state index contributed by atoms with van der Waals surface area (Å²) in [5.41, 5.74) is -1.67. The predicted octanol–water partition coefficient (Wildman–Crippen LogP) is 2.10. The molecule has 0 amide bonds. The number of rotatable bonds is 2. The second-order valence-corrected chi connectivity index (χ2v) is 2.60. The van der Waals surface area contributed by atoms with Gasteiger partial charge in [0.1, 0.15) is 17.6 Å². The third kappa shape index (κ3) is 2.23. The van der Waals surface area contributed by atoms with Crippen molar-refractivity contribution < 1.29 is 13.2 Å². The van der Waals surface area contributed by atoms with Crippen LogP contribution >= 0.6 is 0 Å². The normalized spacial score (nSPS) is 9.73. The number of hydrogen-bond donors (Lipinski definition) is 0. The van der Waals surface area contributed by atoms with E-state index in [4.69, 9.17) is 10.5 Å². The number of hydrogen-bond acceptors (Lipinski definition) is 3. The average molecular weight is 211 g/mol. The van der Waals surface area contributed by atoms with Crippen molar-refractivity contribution in [3.05, 3.63) is 28.8 Å². The van der Waals surface area contributed by atoms with Crippen molar-refractivity contribution in [1.82, 2.24) is 4.98 Å². The highest BCUT2D eigenvalue weighted by molar-refractivity contribution is 5.36. The number of aromatic nitrogens is 1. The van der Waals surface area contributed by atoms with Crippen LogP contribution in [0.2, 0.25) is 0 Å². The quantitative estimate of drug-likeness (QED) is 0.752. The molecule has 15 heavy (non-hydrogen) atoms. The molecule has 0 saturated heterocycles. The van der Waals surface area contributed by atoms with E-state index < -0.39 is 29.9 Å². The number of pyridine rings is 1. The fourth-order valence-electron chi connectivity index (χ4n) is 0.998.